The van der Waals surface area contributed by atoms with Crippen LogP contribution >= 0.6 is 27.3 Å². The third kappa shape index (κ3) is 2.20. The molecule has 0 atom stereocenters. The third-order valence-electron chi connectivity index (χ3n) is 1.03. The number of thiophene rings is 1. The van der Waals surface area contributed by atoms with E-state index >= 15 is 0 Å². The van der Waals surface area contributed by atoms with E-state index in [-0.39, 0.29) is 0 Å². The fourth-order valence-electron chi connectivity index (χ4n) is 0.666. The molecule has 0 saturated heterocycles. The molecule has 0 aromatic carbocycles. The van der Waals surface area contributed by atoms with Crippen LogP contribution in [0.5, 0.6) is 0 Å². The Bertz CT molecular complexity index is 284. The highest BCUT2D eigenvalue weighted by Crippen LogP contribution is 2.31. The largest absolute Gasteiger partial charge is 0.465 e. The molecule has 0 fully saturated rings. The Morgan fingerprint density at radius 1 is 1.82 bits per heavy atom. The maximum Gasteiger partial charge on any atom is 0.409 e. The topological polar surface area (TPSA) is 49.3 Å². The molecule has 1 heterocycles. The number of anilines is 1. The number of nitrogens with one attached hydrogen (secondary N) is 1. The summed E-state index contributed by atoms with van der Waals surface area (Å²) in [5.74, 6) is 0. The summed E-state index contributed by atoms with van der Waals surface area (Å²) >= 11 is 4.63. The summed E-state index contributed by atoms with van der Waals surface area (Å²) in [6.07, 6.45) is -1.03. The Balaban J connectivity index is 2.85. The lowest BCUT2D eigenvalue weighted by molar-refractivity contribution is 0.210. The normalized spacial score (nSPS) is 9.64. The van der Waals surface area contributed by atoms with Gasteiger partial charge in [-0.1, -0.05) is 0 Å². The van der Waals surface area contributed by atoms with E-state index in [1.807, 2.05) is 13.0 Å². The first-order valence-electron chi connectivity index (χ1n) is 2.85. The minimum atomic E-state index is -1.03. The van der Waals surface area contributed by atoms with Crippen molar-refractivity contribution in [1.82, 2.24) is 0 Å². The molecule has 1 aromatic heterocycles. The molecule has 11 heavy (non-hydrogen) atoms. The Hall–Kier alpha value is -0.550. The van der Waals surface area contributed by atoms with E-state index in [4.69, 9.17) is 5.11 Å². The van der Waals surface area contributed by atoms with Gasteiger partial charge in [0.05, 0.1) is 4.47 Å². The van der Waals surface area contributed by atoms with E-state index in [2.05, 4.69) is 21.2 Å². The zero-order valence-electron chi connectivity index (χ0n) is 5.72. The summed E-state index contributed by atoms with van der Waals surface area (Å²) in [5, 5.41) is 11.3. The van der Waals surface area contributed by atoms with Crippen molar-refractivity contribution < 1.29 is 9.90 Å². The van der Waals surface area contributed by atoms with Gasteiger partial charge in [-0.2, -0.15) is 0 Å². The lowest BCUT2D eigenvalue weighted by Crippen LogP contribution is -2.05. The average Bonchev–Trinajstić information content (AvgIpc) is 2.09. The zero-order chi connectivity index (χ0) is 8.43. The molecule has 2 N–H and O–H groups in total. The number of aryl methyl sites for hydroxylation is 1. The number of hydrogen-bond donors (Lipinski definition) is 2. The predicted molar refractivity (Wildman–Crippen MR) is 48.4 cm³/mol. The smallest absolute Gasteiger partial charge is 0.409 e. The van der Waals surface area contributed by atoms with E-state index in [1.54, 1.807) is 0 Å². The minimum absolute atomic E-state index is 0.634. The first-order chi connectivity index (χ1) is 5.09. The van der Waals surface area contributed by atoms with Gasteiger partial charge in [-0.05, 0) is 28.9 Å². The van der Waals surface area contributed by atoms with Gasteiger partial charge >= 0.3 is 6.09 Å². The van der Waals surface area contributed by atoms with Crippen molar-refractivity contribution in [2.75, 3.05) is 5.32 Å². The standard InChI is InChI=1S/C6H6BrNO2S/c1-3-2-4(7)5(11-3)8-6(9)10/h2,8H,1H3,(H,9,10). The molecule has 5 heteroatoms. The summed E-state index contributed by atoms with van der Waals surface area (Å²) in [4.78, 5) is 11.3. The van der Waals surface area contributed by atoms with E-state index < -0.39 is 6.09 Å². The number of carbonyl (C=O) groups is 1. The van der Waals surface area contributed by atoms with E-state index in [0.29, 0.717) is 5.00 Å². The maximum absolute atomic E-state index is 10.2. The molecular weight excluding hydrogens is 230 g/mol. The molecule has 0 bridgehead atoms. The van der Waals surface area contributed by atoms with Gasteiger partial charge in [0.25, 0.3) is 0 Å². The van der Waals surface area contributed by atoms with Crippen molar-refractivity contribution in [1.29, 1.82) is 0 Å². The number of hydrogen-bond acceptors (Lipinski definition) is 2. The lowest BCUT2D eigenvalue weighted by atomic mass is 10.5. The van der Waals surface area contributed by atoms with Gasteiger partial charge in [-0.3, -0.25) is 5.32 Å². The number of amides is 1. The van der Waals surface area contributed by atoms with Crippen LogP contribution in [0.15, 0.2) is 10.5 Å². The van der Waals surface area contributed by atoms with Gasteiger partial charge in [0.1, 0.15) is 5.00 Å². The minimum Gasteiger partial charge on any atom is -0.465 e. The monoisotopic (exact) mass is 235 g/mol. The van der Waals surface area contributed by atoms with Crippen molar-refractivity contribution in [3.05, 3.63) is 15.4 Å². The summed E-state index contributed by atoms with van der Waals surface area (Å²) in [6, 6.07) is 1.87. The highest BCUT2D eigenvalue weighted by Gasteiger charge is 2.05. The zero-order valence-corrected chi connectivity index (χ0v) is 8.12. The Morgan fingerprint density at radius 2 is 2.45 bits per heavy atom. The van der Waals surface area contributed by atoms with Gasteiger partial charge in [0.15, 0.2) is 0 Å². The molecule has 0 unspecified atom stereocenters. The number of carboxylic acid groups (broad SMARTS) is 1. The first kappa shape index (κ1) is 8.55. The molecule has 0 radical (unpaired) electrons. The van der Waals surface area contributed by atoms with Crippen LogP contribution in [-0.2, 0) is 0 Å². The van der Waals surface area contributed by atoms with Gasteiger partial charge in [0, 0.05) is 4.88 Å². The van der Waals surface area contributed by atoms with Gasteiger partial charge in [-0.25, -0.2) is 4.79 Å². The third-order valence-corrected chi connectivity index (χ3v) is 2.88. The quantitative estimate of drug-likeness (QED) is 0.787. The fourth-order valence-corrected chi connectivity index (χ4v) is 2.30. The Kier molecular flexibility index (Phi) is 2.51. The number of halogens is 1. The van der Waals surface area contributed by atoms with Crippen molar-refractivity contribution in [2.45, 2.75) is 6.92 Å². The molecule has 0 aliphatic rings. The second kappa shape index (κ2) is 3.23. The fraction of sp³-hybridized carbons (Fsp3) is 0.167. The molecule has 0 saturated carbocycles. The SMILES string of the molecule is Cc1cc(Br)c(NC(=O)O)s1. The lowest BCUT2D eigenvalue weighted by Gasteiger charge is -1.94. The van der Waals surface area contributed by atoms with E-state index in [0.717, 1.165) is 9.35 Å². The highest BCUT2D eigenvalue weighted by atomic mass is 79.9. The van der Waals surface area contributed by atoms with Crippen LogP contribution in [0.1, 0.15) is 4.88 Å². The van der Waals surface area contributed by atoms with Crippen molar-refractivity contribution in [3.63, 3.8) is 0 Å². The second-order valence-electron chi connectivity index (χ2n) is 1.96. The molecule has 3 nitrogen and oxygen atoms in total. The van der Waals surface area contributed by atoms with Crippen LogP contribution in [0.2, 0.25) is 0 Å². The van der Waals surface area contributed by atoms with Crippen LogP contribution in [-0.4, -0.2) is 11.2 Å². The Morgan fingerprint density at radius 3 is 2.82 bits per heavy atom. The van der Waals surface area contributed by atoms with Crippen LogP contribution in [0, 0.1) is 6.92 Å². The van der Waals surface area contributed by atoms with Gasteiger partial charge < -0.3 is 5.11 Å². The molecule has 1 aromatic rings. The van der Waals surface area contributed by atoms with Crippen LogP contribution in [0.25, 0.3) is 0 Å². The molecule has 1 rings (SSSR count). The molecule has 0 aliphatic heterocycles. The maximum atomic E-state index is 10.2. The highest BCUT2D eigenvalue weighted by molar-refractivity contribution is 9.10. The molecule has 0 aliphatic carbocycles. The van der Waals surface area contributed by atoms with Crippen molar-refractivity contribution >= 4 is 38.4 Å². The van der Waals surface area contributed by atoms with Crippen LogP contribution < -0.4 is 5.32 Å². The van der Waals surface area contributed by atoms with Crippen LogP contribution in [0.3, 0.4) is 0 Å². The summed E-state index contributed by atoms with van der Waals surface area (Å²) in [6.45, 7) is 1.92. The average molecular weight is 236 g/mol. The summed E-state index contributed by atoms with van der Waals surface area (Å²) < 4.78 is 0.794. The number of rotatable bonds is 1. The van der Waals surface area contributed by atoms with Crippen LogP contribution in [0.4, 0.5) is 9.80 Å². The van der Waals surface area contributed by atoms with E-state index in [1.165, 1.54) is 11.3 Å². The predicted octanol–water partition coefficient (Wildman–Crippen LogP) is 2.91. The van der Waals surface area contributed by atoms with Gasteiger partial charge in [-0.15, -0.1) is 11.3 Å². The van der Waals surface area contributed by atoms with E-state index in [9.17, 15) is 4.79 Å². The van der Waals surface area contributed by atoms with Crippen molar-refractivity contribution in [2.24, 2.45) is 0 Å². The molecule has 0 spiro atoms. The summed E-state index contributed by atoms with van der Waals surface area (Å²) in [7, 11) is 0. The Labute approximate surface area is 76.2 Å². The molecular formula is C6H6BrNO2S. The first-order valence-corrected chi connectivity index (χ1v) is 4.46. The summed E-state index contributed by atoms with van der Waals surface area (Å²) in [5.41, 5.74) is 0. The molecule has 60 valence electrons. The van der Waals surface area contributed by atoms with Crippen molar-refractivity contribution in [3.8, 4) is 0 Å². The second-order valence-corrected chi connectivity index (χ2v) is 4.07. The van der Waals surface area contributed by atoms with Gasteiger partial charge in [0.2, 0.25) is 0 Å². The molecule has 1 amide bonds.